The van der Waals surface area contributed by atoms with Gasteiger partial charge in [0.05, 0.1) is 6.10 Å². The summed E-state index contributed by atoms with van der Waals surface area (Å²) in [6.07, 6.45) is 5.48. The van der Waals surface area contributed by atoms with Crippen molar-refractivity contribution in [1.82, 2.24) is 5.32 Å². The molecule has 19 heavy (non-hydrogen) atoms. The maximum absolute atomic E-state index is 5.90. The van der Waals surface area contributed by atoms with E-state index in [9.17, 15) is 0 Å². The van der Waals surface area contributed by atoms with Gasteiger partial charge in [0.15, 0.2) is 0 Å². The molecule has 0 bridgehead atoms. The van der Waals surface area contributed by atoms with Crippen LogP contribution >= 0.6 is 0 Å². The van der Waals surface area contributed by atoms with Crippen LogP contribution in [0.5, 0.6) is 0 Å². The minimum atomic E-state index is 0.416. The molecule has 1 aromatic rings. The van der Waals surface area contributed by atoms with Gasteiger partial charge in [0.25, 0.3) is 0 Å². The van der Waals surface area contributed by atoms with E-state index in [0.717, 1.165) is 18.9 Å². The van der Waals surface area contributed by atoms with Crippen LogP contribution in [0, 0.1) is 5.92 Å². The van der Waals surface area contributed by atoms with Gasteiger partial charge in [0, 0.05) is 18.7 Å². The van der Waals surface area contributed by atoms with Crippen molar-refractivity contribution in [1.29, 1.82) is 0 Å². The van der Waals surface area contributed by atoms with Gasteiger partial charge in [0.2, 0.25) is 0 Å². The predicted octanol–water partition coefficient (Wildman–Crippen LogP) is 3.47. The molecule has 3 unspecified atom stereocenters. The summed E-state index contributed by atoms with van der Waals surface area (Å²) in [7, 11) is 0. The lowest BCUT2D eigenvalue weighted by molar-refractivity contribution is 0.0793. The smallest absolute Gasteiger partial charge is 0.0757 e. The molecule has 1 aliphatic carbocycles. The molecule has 2 fully saturated rings. The summed E-state index contributed by atoms with van der Waals surface area (Å²) in [6.45, 7) is 5.40. The second-order valence-electron chi connectivity index (χ2n) is 6.05. The zero-order valence-corrected chi connectivity index (χ0v) is 12.1. The summed E-state index contributed by atoms with van der Waals surface area (Å²) in [5.74, 6) is 0.828. The normalized spacial score (nSPS) is 28.5. The molecule has 1 N–H and O–H groups in total. The first-order chi connectivity index (χ1) is 9.28. The zero-order valence-electron chi connectivity index (χ0n) is 12.1. The largest absolute Gasteiger partial charge is 0.376 e. The average Bonchev–Trinajstić information content (AvgIpc) is 3.19. The Morgan fingerprint density at radius 1 is 1.21 bits per heavy atom. The number of ether oxygens (including phenoxy) is 1. The van der Waals surface area contributed by atoms with Crippen molar-refractivity contribution in [3.8, 4) is 0 Å². The number of nitrogens with one attached hydrogen (secondary N) is 1. The van der Waals surface area contributed by atoms with Gasteiger partial charge in [0.1, 0.15) is 0 Å². The van der Waals surface area contributed by atoms with Gasteiger partial charge < -0.3 is 10.1 Å². The molecule has 1 saturated heterocycles. The second-order valence-corrected chi connectivity index (χ2v) is 6.05. The lowest BCUT2D eigenvalue weighted by atomic mass is 10.0. The molecule has 3 atom stereocenters. The van der Waals surface area contributed by atoms with Gasteiger partial charge in [-0.05, 0) is 49.7 Å². The Kier molecular flexibility index (Phi) is 3.90. The second kappa shape index (κ2) is 5.64. The van der Waals surface area contributed by atoms with Gasteiger partial charge >= 0.3 is 0 Å². The third-order valence-electron chi connectivity index (χ3n) is 4.57. The highest BCUT2D eigenvalue weighted by molar-refractivity contribution is 5.24. The fourth-order valence-corrected chi connectivity index (χ4v) is 3.14. The third-order valence-corrected chi connectivity index (χ3v) is 4.57. The lowest BCUT2D eigenvalue weighted by Gasteiger charge is -2.24. The summed E-state index contributed by atoms with van der Waals surface area (Å²) in [6, 6.07) is 9.98. The summed E-state index contributed by atoms with van der Waals surface area (Å²) in [5, 5.41) is 3.78. The summed E-state index contributed by atoms with van der Waals surface area (Å²) in [5.41, 5.74) is 2.80. The van der Waals surface area contributed by atoms with Crippen LogP contribution in [0.4, 0.5) is 0 Å². The molecule has 3 rings (SSSR count). The molecule has 1 aromatic carbocycles. The maximum Gasteiger partial charge on any atom is 0.0757 e. The van der Waals surface area contributed by atoms with Crippen LogP contribution in [-0.2, 0) is 11.2 Å². The van der Waals surface area contributed by atoms with E-state index in [0.29, 0.717) is 18.2 Å². The Hall–Kier alpha value is -0.860. The predicted molar refractivity (Wildman–Crippen MR) is 78.2 cm³/mol. The van der Waals surface area contributed by atoms with Gasteiger partial charge in [-0.25, -0.2) is 0 Å². The van der Waals surface area contributed by atoms with Crippen LogP contribution in [0.1, 0.15) is 50.3 Å². The van der Waals surface area contributed by atoms with Crippen LogP contribution in [-0.4, -0.2) is 18.8 Å². The molecule has 2 aliphatic rings. The molecule has 2 nitrogen and oxygen atoms in total. The SMILES string of the molecule is CCc1ccc(C(C)NC2CCOC2C2CC2)cc1. The van der Waals surface area contributed by atoms with Crippen molar-refractivity contribution in [2.75, 3.05) is 6.61 Å². The van der Waals surface area contributed by atoms with Gasteiger partial charge in [-0.15, -0.1) is 0 Å². The van der Waals surface area contributed by atoms with E-state index in [4.69, 9.17) is 4.74 Å². The van der Waals surface area contributed by atoms with Crippen LogP contribution in [0.3, 0.4) is 0 Å². The Bertz CT molecular complexity index is 410. The number of aryl methyl sites for hydroxylation is 1. The highest BCUT2D eigenvalue weighted by Crippen LogP contribution is 2.39. The molecule has 1 aliphatic heterocycles. The molecule has 1 saturated carbocycles. The minimum absolute atomic E-state index is 0.416. The molecule has 0 radical (unpaired) electrons. The maximum atomic E-state index is 5.90. The van der Waals surface area contributed by atoms with E-state index >= 15 is 0 Å². The van der Waals surface area contributed by atoms with E-state index in [1.54, 1.807) is 0 Å². The molecule has 0 aromatic heterocycles. The Morgan fingerprint density at radius 2 is 1.95 bits per heavy atom. The number of hydrogen-bond acceptors (Lipinski definition) is 2. The van der Waals surface area contributed by atoms with Crippen molar-refractivity contribution in [3.63, 3.8) is 0 Å². The number of rotatable bonds is 5. The van der Waals surface area contributed by atoms with E-state index in [2.05, 4.69) is 43.4 Å². The fraction of sp³-hybridized carbons (Fsp3) is 0.647. The first-order valence-corrected chi connectivity index (χ1v) is 7.74. The highest BCUT2D eigenvalue weighted by Gasteiger charge is 2.40. The molecule has 0 spiro atoms. The van der Waals surface area contributed by atoms with Crippen LogP contribution in [0.25, 0.3) is 0 Å². The van der Waals surface area contributed by atoms with Gasteiger partial charge in [-0.2, -0.15) is 0 Å². The molecule has 1 heterocycles. The standard InChI is InChI=1S/C17H25NO/c1-3-13-4-6-14(7-5-13)12(2)18-16-10-11-19-17(16)15-8-9-15/h4-7,12,15-18H,3,8-11H2,1-2H3. The minimum Gasteiger partial charge on any atom is -0.376 e. The Labute approximate surface area is 116 Å². The molecule has 104 valence electrons. The topological polar surface area (TPSA) is 21.3 Å². The monoisotopic (exact) mass is 259 g/mol. The van der Waals surface area contributed by atoms with E-state index in [-0.39, 0.29) is 0 Å². The van der Waals surface area contributed by atoms with Crippen molar-refractivity contribution in [2.24, 2.45) is 5.92 Å². The van der Waals surface area contributed by atoms with Gasteiger partial charge in [-0.3, -0.25) is 0 Å². The molecule has 0 amide bonds. The molecular weight excluding hydrogens is 234 g/mol. The Morgan fingerprint density at radius 3 is 2.58 bits per heavy atom. The number of benzene rings is 1. The molecule has 2 heteroatoms. The summed E-state index contributed by atoms with van der Waals surface area (Å²) >= 11 is 0. The average molecular weight is 259 g/mol. The van der Waals surface area contributed by atoms with Crippen LogP contribution < -0.4 is 5.32 Å². The Balaban J connectivity index is 1.61. The lowest BCUT2D eigenvalue weighted by Crippen LogP contribution is -2.39. The zero-order chi connectivity index (χ0) is 13.2. The molecular formula is C17H25NO. The third kappa shape index (κ3) is 3.01. The van der Waals surface area contributed by atoms with Crippen LogP contribution in [0.2, 0.25) is 0 Å². The first-order valence-electron chi connectivity index (χ1n) is 7.74. The quantitative estimate of drug-likeness (QED) is 0.874. The van der Waals surface area contributed by atoms with E-state index < -0.39 is 0 Å². The van der Waals surface area contributed by atoms with Crippen molar-refractivity contribution in [3.05, 3.63) is 35.4 Å². The number of hydrogen-bond donors (Lipinski definition) is 1. The first kappa shape index (κ1) is 13.1. The van der Waals surface area contributed by atoms with Crippen molar-refractivity contribution >= 4 is 0 Å². The van der Waals surface area contributed by atoms with E-state index in [1.165, 1.54) is 30.4 Å². The highest BCUT2D eigenvalue weighted by atomic mass is 16.5. The fourth-order valence-electron chi connectivity index (χ4n) is 3.14. The van der Waals surface area contributed by atoms with Crippen molar-refractivity contribution in [2.45, 2.75) is 57.7 Å². The summed E-state index contributed by atoms with van der Waals surface area (Å²) < 4.78 is 5.90. The van der Waals surface area contributed by atoms with Crippen LogP contribution in [0.15, 0.2) is 24.3 Å². The van der Waals surface area contributed by atoms with E-state index in [1.807, 2.05) is 0 Å². The summed E-state index contributed by atoms with van der Waals surface area (Å²) in [4.78, 5) is 0. The van der Waals surface area contributed by atoms with Gasteiger partial charge in [-0.1, -0.05) is 31.2 Å². The van der Waals surface area contributed by atoms with Crippen molar-refractivity contribution < 1.29 is 4.74 Å².